The standard InChI is InChI=1S/C23H32O2Si/c1-23(2,3)26(21-13-6-4-7-14-21,22-15-8-5-9-16-22)25-20-12-10-11-19(17-20)18-24/h4-9,13-16,19-20,24H,10-12,17-18H2,1-3H3. The first-order valence-corrected chi connectivity index (χ1v) is 11.8. The minimum absolute atomic E-state index is 0.0157. The lowest BCUT2D eigenvalue weighted by atomic mass is 9.88. The third-order valence-electron chi connectivity index (χ3n) is 5.75. The van der Waals surface area contributed by atoms with Crippen LogP contribution in [0.1, 0.15) is 46.5 Å². The van der Waals surface area contributed by atoms with Gasteiger partial charge in [-0.05, 0) is 40.6 Å². The summed E-state index contributed by atoms with van der Waals surface area (Å²) in [6.07, 6.45) is 4.57. The quantitative estimate of drug-likeness (QED) is 0.805. The fraction of sp³-hybridized carbons (Fsp3) is 0.478. The molecule has 140 valence electrons. The number of hydrogen-bond donors (Lipinski definition) is 1. The highest BCUT2D eigenvalue weighted by atomic mass is 28.4. The molecule has 3 rings (SSSR count). The van der Waals surface area contributed by atoms with Gasteiger partial charge in [0.25, 0.3) is 8.32 Å². The molecule has 0 aliphatic heterocycles. The molecule has 2 aromatic rings. The summed E-state index contributed by atoms with van der Waals surface area (Å²) in [6.45, 7) is 7.25. The second-order valence-electron chi connectivity index (χ2n) is 8.62. The highest BCUT2D eigenvalue weighted by Crippen LogP contribution is 2.39. The number of benzene rings is 2. The Morgan fingerprint density at radius 3 is 1.92 bits per heavy atom. The van der Waals surface area contributed by atoms with E-state index in [4.69, 9.17) is 4.43 Å². The van der Waals surface area contributed by atoms with Crippen molar-refractivity contribution in [3.63, 3.8) is 0 Å². The molecule has 0 saturated heterocycles. The Morgan fingerprint density at radius 1 is 0.923 bits per heavy atom. The zero-order valence-corrected chi connectivity index (χ0v) is 17.3. The Kier molecular flexibility index (Phi) is 6.01. The largest absolute Gasteiger partial charge is 0.404 e. The van der Waals surface area contributed by atoms with Gasteiger partial charge in [0.2, 0.25) is 0 Å². The molecule has 0 radical (unpaired) electrons. The predicted molar refractivity (Wildman–Crippen MR) is 112 cm³/mol. The van der Waals surface area contributed by atoms with Gasteiger partial charge in [-0.3, -0.25) is 0 Å². The van der Waals surface area contributed by atoms with Gasteiger partial charge in [0, 0.05) is 12.7 Å². The molecule has 3 heteroatoms. The van der Waals surface area contributed by atoms with Crippen LogP contribution in [0.2, 0.25) is 5.04 Å². The van der Waals surface area contributed by atoms with Gasteiger partial charge in [-0.15, -0.1) is 0 Å². The van der Waals surface area contributed by atoms with Crippen LogP contribution >= 0.6 is 0 Å². The van der Waals surface area contributed by atoms with Crippen LogP contribution in [0.5, 0.6) is 0 Å². The molecule has 2 nitrogen and oxygen atoms in total. The molecule has 0 heterocycles. The van der Waals surface area contributed by atoms with E-state index in [-0.39, 0.29) is 17.7 Å². The summed E-state index contributed by atoms with van der Waals surface area (Å²) in [5, 5.41) is 12.3. The monoisotopic (exact) mass is 368 g/mol. The SMILES string of the molecule is CC(C)(C)[Si](OC1CCCC(CO)C1)(c1ccccc1)c1ccccc1. The fourth-order valence-corrected chi connectivity index (χ4v) is 9.18. The van der Waals surface area contributed by atoms with Crippen LogP contribution in [-0.2, 0) is 4.43 Å². The summed E-state index contributed by atoms with van der Waals surface area (Å²) in [5.74, 6) is 0.381. The molecule has 1 aliphatic rings. The first kappa shape index (κ1) is 19.3. The molecule has 0 spiro atoms. The molecular weight excluding hydrogens is 336 g/mol. The third kappa shape index (κ3) is 3.80. The van der Waals surface area contributed by atoms with E-state index in [2.05, 4.69) is 81.4 Å². The fourth-order valence-electron chi connectivity index (χ4n) is 4.46. The van der Waals surface area contributed by atoms with Crippen LogP contribution in [0.25, 0.3) is 0 Å². The number of aliphatic hydroxyl groups excluding tert-OH is 1. The van der Waals surface area contributed by atoms with Crippen molar-refractivity contribution in [2.75, 3.05) is 6.61 Å². The third-order valence-corrected chi connectivity index (χ3v) is 10.8. The first-order valence-electron chi connectivity index (χ1n) is 9.87. The maximum absolute atomic E-state index is 9.66. The van der Waals surface area contributed by atoms with Gasteiger partial charge in [0.1, 0.15) is 0 Å². The van der Waals surface area contributed by atoms with E-state index in [1.54, 1.807) is 0 Å². The van der Waals surface area contributed by atoms with Crippen LogP contribution in [0.4, 0.5) is 0 Å². The molecule has 0 aromatic heterocycles. The van der Waals surface area contributed by atoms with Crippen molar-refractivity contribution in [3.05, 3.63) is 60.7 Å². The van der Waals surface area contributed by atoms with Gasteiger partial charge in [0.05, 0.1) is 0 Å². The van der Waals surface area contributed by atoms with Gasteiger partial charge >= 0.3 is 0 Å². The van der Waals surface area contributed by atoms with E-state index in [1.165, 1.54) is 10.4 Å². The van der Waals surface area contributed by atoms with E-state index < -0.39 is 8.32 Å². The summed E-state index contributed by atoms with van der Waals surface area (Å²) >= 11 is 0. The lowest BCUT2D eigenvalue weighted by molar-refractivity contribution is 0.0857. The zero-order chi connectivity index (χ0) is 18.6. The molecule has 1 saturated carbocycles. The van der Waals surface area contributed by atoms with Crippen molar-refractivity contribution in [1.82, 2.24) is 0 Å². The maximum atomic E-state index is 9.66. The maximum Gasteiger partial charge on any atom is 0.261 e. The van der Waals surface area contributed by atoms with Crippen molar-refractivity contribution in [2.45, 2.75) is 57.6 Å². The van der Waals surface area contributed by atoms with Gasteiger partial charge < -0.3 is 9.53 Å². The highest BCUT2D eigenvalue weighted by Gasteiger charge is 2.51. The van der Waals surface area contributed by atoms with Crippen molar-refractivity contribution in [1.29, 1.82) is 0 Å². The lowest BCUT2D eigenvalue weighted by Gasteiger charge is -2.46. The van der Waals surface area contributed by atoms with Crippen molar-refractivity contribution in [3.8, 4) is 0 Å². The second kappa shape index (κ2) is 8.08. The van der Waals surface area contributed by atoms with E-state index in [0.717, 1.165) is 25.7 Å². The van der Waals surface area contributed by atoms with Crippen molar-refractivity contribution in [2.24, 2.45) is 5.92 Å². The molecule has 2 unspecified atom stereocenters. The van der Waals surface area contributed by atoms with Crippen LogP contribution in [0, 0.1) is 5.92 Å². The average molecular weight is 369 g/mol. The molecule has 2 atom stereocenters. The summed E-state index contributed by atoms with van der Waals surface area (Å²) in [5.41, 5.74) is 0. The summed E-state index contributed by atoms with van der Waals surface area (Å²) < 4.78 is 7.18. The first-order chi connectivity index (χ1) is 12.5. The Hall–Kier alpha value is -1.42. The Bertz CT molecular complexity index is 639. The van der Waals surface area contributed by atoms with E-state index in [9.17, 15) is 5.11 Å². The minimum Gasteiger partial charge on any atom is -0.404 e. The molecule has 1 N–H and O–H groups in total. The van der Waals surface area contributed by atoms with Crippen molar-refractivity contribution >= 4 is 18.7 Å². The van der Waals surface area contributed by atoms with Gasteiger partial charge in [-0.1, -0.05) is 87.9 Å². The second-order valence-corrected chi connectivity index (χ2v) is 12.9. The Balaban J connectivity index is 2.08. The van der Waals surface area contributed by atoms with Crippen LogP contribution in [-0.4, -0.2) is 26.1 Å². The predicted octanol–water partition coefficient (Wildman–Crippen LogP) is 4.11. The molecule has 0 amide bonds. The van der Waals surface area contributed by atoms with E-state index in [0.29, 0.717) is 5.92 Å². The molecule has 26 heavy (non-hydrogen) atoms. The minimum atomic E-state index is -2.46. The number of aliphatic hydroxyl groups is 1. The number of rotatable bonds is 5. The van der Waals surface area contributed by atoms with Gasteiger partial charge in [-0.25, -0.2) is 0 Å². The van der Waals surface area contributed by atoms with Crippen molar-refractivity contribution < 1.29 is 9.53 Å². The Labute approximate surface area is 159 Å². The molecule has 0 bridgehead atoms. The smallest absolute Gasteiger partial charge is 0.261 e. The van der Waals surface area contributed by atoms with Gasteiger partial charge in [-0.2, -0.15) is 0 Å². The average Bonchev–Trinajstić information content (AvgIpc) is 2.66. The molecule has 1 fully saturated rings. The summed E-state index contributed by atoms with van der Waals surface area (Å²) in [4.78, 5) is 0. The molecule has 1 aliphatic carbocycles. The van der Waals surface area contributed by atoms with E-state index in [1.807, 2.05) is 0 Å². The zero-order valence-electron chi connectivity index (χ0n) is 16.3. The topological polar surface area (TPSA) is 29.5 Å². The van der Waals surface area contributed by atoms with Crippen LogP contribution < -0.4 is 10.4 Å². The van der Waals surface area contributed by atoms with Crippen LogP contribution in [0.15, 0.2) is 60.7 Å². The Morgan fingerprint density at radius 2 is 1.46 bits per heavy atom. The van der Waals surface area contributed by atoms with E-state index >= 15 is 0 Å². The highest BCUT2D eigenvalue weighted by molar-refractivity contribution is 6.99. The lowest BCUT2D eigenvalue weighted by Crippen LogP contribution is -2.67. The molecular formula is C23H32O2Si. The number of hydrogen-bond acceptors (Lipinski definition) is 2. The summed E-state index contributed by atoms with van der Waals surface area (Å²) in [7, 11) is -2.46. The van der Waals surface area contributed by atoms with Gasteiger partial charge in [0.15, 0.2) is 0 Å². The summed E-state index contributed by atoms with van der Waals surface area (Å²) in [6, 6.07) is 21.7. The van der Waals surface area contributed by atoms with Crippen LogP contribution in [0.3, 0.4) is 0 Å². The molecule has 2 aromatic carbocycles. The normalized spacial score (nSPS) is 21.5.